The predicted molar refractivity (Wildman–Crippen MR) is 58.4 cm³/mol. The van der Waals surface area contributed by atoms with Crippen LogP contribution in [0, 0.1) is 0 Å². The lowest BCUT2D eigenvalue weighted by atomic mass is 10.2. The first kappa shape index (κ1) is 11.1. The normalized spacial score (nSPS) is 10.5. The SMILES string of the molecule is C/C=C/CNc1ccc(C(=O)O)c(O)c1. The third kappa shape index (κ3) is 3.02. The fourth-order valence-corrected chi connectivity index (χ4v) is 1.12. The summed E-state index contributed by atoms with van der Waals surface area (Å²) in [7, 11) is 0. The quantitative estimate of drug-likeness (QED) is 0.661. The Balaban J connectivity index is 2.77. The van der Waals surface area contributed by atoms with Crippen LogP contribution in [0.4, 0.5) is 5.69 Å². The molecule has 0 aliphatic heterocycles. The lowest BCUT2D eigenvalue weighted by Crippen LogP contribution is -2.00. The van der Waals surface area contributed by atoms with Crippen molar-refractivity contribution < 1.29 is 15.0 Å². The number of anilines is 1. The van der Waals surface area contributed by atoms with E-state index in [9.17, 15) is 9.90 Å². The van der Waals surface area contributed by atoms with E-state index in [1.165, 1.54) is 12.1 Å². The number of benzene rings is 1. The van der Waals surface area contributed by atoms with Crippen molar-refractivity contribution >= 4 is 11.7 Å². The van der Waals surface area contributed by atoms with Crippen molar-refractivity contribution in [2.75, 3.05) is 11.9 Å². The van der Waals surface area contributed by atoms with Crippen molar-refractivity contribution in [1.82, 2.24) is 0 Å². The molecule has 3 N–H and O–H groups in total. The van der Waals surface area contributed by atoms with Crippen LogP contribution < -0.4 is 5.32 Å². The zero-order valence-electron chi connectivity index (χ0n) is 8.40. The molecule has 0 bridgehead atoms. The Morgan fingerprint density at radius 2 is 2.27 bits per heavy atom. The van der Waals surface area contributed by atoms with Gasteiger partial charge in [-0.15, -0.1) is 0 Å². The summed E-state index contributed by atoms with van der Waals surface area (Å²) in [6.07, 6.45) is 3.82. The van der Waals surface area contributed by atoms with Crippen LogP contribution in [0.3, 0.4) is 0 Å². The first-order chi connectivity index (χ1) is 7.15. The molecule has 0 aliphatic rings. The summed E-state index contributed by atoms with van der Waals surface area (Å²) in [6.45, 7) is 2.55. The van der Waals surface area contributed by atoms with Crippen molar-refractivity contribution in [3.05, 3.63) is 35.9 Å². The standard InChI is InChI=1S/C11H13NO3/c1-2-3-6-12-8-4-5-9(11(14)15)10(13)7-8/h2-5,7,12-13H,6H2,1H3,(H,14,15)/b3-2+. The predicted octanol–water partition coefficient (Wildman–Crippen LogP) is 2.08. The Bertz CT molecular complexity index is 385. The van der Waals surface area contributed by atoms with Gasteiger partial charge < -0.3 is 15.5 Å². The number of aromatic hydroxyl groups is 1. The zero-order valence-corrected chi connectivity index (χ0v) is 8.40. The molecule has 1 aromatic rings. The summed E-state index contributed by atoms with van der Waals surface area (Å²) in [5, 5.41) is 21.1. The highest BCUT2D eigenvalue weighted by Gasteiger charge is 2.08. The van der Waals surface area contributed by atoms with Crippen molar-refractivity contribution in [3.8, 4) is 5.75 Å². The molecule has 0 aliphatic carbocycles. The second-order valence-electron chi connectivity index (χ2n) is 2.99. The minimum atomic E-state index is -1.13. The molecule has 1 rings (SSSR count). The fraction of sp³-hybridized carbons (Fsp3) is 0.182. The summed E-state index contributed by atoms with van der Waals surface area (Å²) in [6, 6.07) is 4.38. The van der Waals surface area contributed by atoms with E-state index in [1.807, 2.05) is 19.1 Å². The van der Waals surface area contributed by atoms with Crippen molar-refractivity contribution in [1.29, 1.82) is 0 Å². The van der Waals surface area contributed by atoms with E-state index in [2.05, 4.69) is 5.32 Å². The monoisotopic (exact) mass is 207 g/mol. The Kier molecular flexibility index (Phi) is 3.74. The van der Waals surface area contributed by atoms with Crippen LogP contribution >= 0.6 is 0 Å². The molecule has 0 atom stereocenters. The maximum Gasteiger partial charge on any atom is 0.339 e. The van der Waals surface area contributed by atoms with Gasteiger partial charge in [-0.05, 0) is 19.1 Å². The summed E-state index contributed by atoms with van der Waals surface area (Å²) in [5.74, 6) is -1.36. The Morgan fingerprint density at radius 1 is 1.53 bits per heavy atom. The van der Waals surface area contributed by atoms with E-state index in [1.54, 1.807) is 6.07 Å². The highest BCUT2D eigenvalue weighted by molar-refractivity contribution is 5.91. The van der Waals surface area contributed by atoms with Crippen LogP contribution in [0.5, 0.6) is 5.75 Å². The van der Waals surface area contributed by atoms with Crippen LogP contribution in [0.1, 0.15) is 17.3 Å². The number of carbonyl (C=O) groups is 1. The second kappa shape index (κ2) is 5.05. The minimum Gasteiger partial charge on any atom is -0.507 e. The van der Waals surface area contributed by atoms with Gasteiger partial charge in [0.15, 0.2) is 0 Å². The van der Waals surface area contributed by atoms with Gasteiger partial charge in [-0.3, -0.25) is 0 Å². The molecule has 4 heteroatoms. The molecule has 0 fully saturated rings. The van der Waals surface area contributed by atoms with Gasteiger partial charge in [-0.1, -0.05) is 12.2 Å². The summed E-state index contributed by atoms with van der Waals surface area (Å²) >= 11 is 0. The Hall–Kier alpha value is -1.97. The molecule has 4 nitrogen and oxygen atoms in total. The third-order valence-electron chi connectivity index (χ3n) is 1.89. The number of aromatic carboxylic acids is 1. The van der Waals surface area contributed by atoms with E-state index in [0.717, 1.165) is 0 Å². The molecular formula is C11H13NO3. The van der Waals surface area contributed by atoms with Gasteiger partial charge in [0.05, 0.1) is 0 Å². The van der Waals surface area contributed by atoms with E-state index < -0.39 is 5.97 Å². The fourth-order valence-electron chi connectivity index (χ4n) is 1.12. The smallest absolute Gasteiger partial charge is 0.339 e. The highest BCUT2D eigenvalue weighted by Crippen LogP contribution is 2.21. The Morgan fingerprint density at radius 3 is 2.80 bits per heavy atom. The number of carboxylic acids is 1. The highest BCUT2D eigenvalue weighted by atomic mass is 16.4. The van der Waals surface area contributed by atoms with Crippen molar-refractivity contribution in [2.24, 2.45) is 0 Å². The molecule has 0 unspecified atom stereocenters. The molecule has 0 saturated carbocycles. The number of hydrogen-bond donors (Lipinski definition) is 3. The largest absolute Gasteiger partial charge is 0.507 e. The molecule has 0 radical (unpaired) electrons. The van der Waals surface area contributed by atoms with Crippen molar-refractivity contribution in [2.45, 2.75) is 6.92 Å². The number of carboxylic acid groups (broad SMARTS) is 1. The molecule has 0 aromatic heterocycles. The molecular weight excluding hydrogens is 194 g/mol. The number of rotatable bonds is 4. The molecule has 0 amide bonds. The number of nitrogens with one attached hydrogen (secondary N) is 1. The average molecular weight is 207 g/mol. The maximum absolute atomic E-state index is 10.6. The van der Waals surface area contributed by atoms with Gasteiger partial charge in [0.25, 0.3) is 0 Å². The van der Waals surface area contributed by atoms with Gasteiger partial charge in [0.2, 0.25) is 0 Å². The van der Waals surface area contributed by atoms with Gasteiger partial charge in [0.1, 0.15) is 11.3 Å². The van der Waals surface area contributed by atoms with Gasteiger partial charge in [0, 0.05) is 18.3 Å². The van der Waals surface area contributed by atoms with E-state index in [0.29, 0.717) is 12.2 Å². The summed E-state index contributed by atoms with van der Waals surface area (Å²) < 4.78 is 0. The molecule has 1 aromatic carbocycles. The first-order valence-electron chi connectivity index (χ1n) is 4.56. The molecule has 0 saturated heterocycles. The van der Waals surface area contributed by atoms with Crippen LogP contribution in [-0.4, -0.2) is 22.7 Å². The van der Waals surface area contributed by atoms with Gasteiger partial charge in [-0.25, -0.2) is 4.79 Å². The lowest BCUT2D eigenvalue weighted by Gasteiger charge is -2.05. The number of allylic oxidation sites excluding steroid dienone is 1. The minimum absolute atomic E-state index is 0.0911. The van der Waals surface area contributed by atoms with E-state index >= 15 is 0 Å². The summed E-state index contributed by atoms with van der Waals surface area (Å²) in [5.41, 5.74) is 0.599. The first-order valence-corrected chi connectivity index (χ1v) is 4.56. The number of hydrogen-bond acceptors (Lipinski definition) is 3. The van der Waals surface area contributed by atoms with Crippen molar-refractivity contribution in [3.63, 3.8) is 0 Å². The van der Waals surface area contributed by atoms with E-state index in [-0.39, 0.29) is 11.3 Å². The third-order valence-corrected chi connectivity index (χ3v) is 1.89. The van der Waals surface area contributed by atoms with E-state index in [4.69, 9.17) is 5.11 Å². The lowest BCUT2D eigenvalue weighted by molar-refractivity contribution is 0.0694. The maximum atomic E-state index is 10.6. The van der Waals surface area contributed by atoms with Gasteiger partial charge in [-0.2, -0.15) is 0 Å². The molecule has 15 heavy (non-hydrogen) atoms. The molecule has 0 spiro atoms. The zero-order chi connectivity index (χ0) is 11.3. The van der Waals surface area contributed by atoms with Gasteiger partial charge >= 0.3 is 5.97 Å². The van der Waals surface area contributed by atoms with Crippen LogP contribution in [0.2, 0.25) is 0 Å². The van der Waals surface area contributed by atoms with Crippen LogP contribution in [-0.2, 0) is 0 Å². The molecule has 0 heterocycles. The summed E-state index contributed by atoms with van der Waals surface area (Å²) in [4.78, 5) is 10.6. The average Bonchev–Trinajstić information content (AvgIpc) is 2.17. The Labute approximate surface area is 87.9 Å². The topological polar surface area (TPSA) is 69.6 Å². The number of phenols is 1. The second-order valence-corrected chi connectivity index (χ2v) is 2.99. The molecule has 80 valence electrons. The van der Waals surface area contributed by atoms with Crippen LogP contribution in [0.15, 0.2) is 30.4 Å². The van der Waals surface area contributed by atoms with Crippen LogP contribution in [0.25, 0.3) is 0 Å².